The topological polar surface area (TPSA) is 27.7 Å². The minimum atomic E-state index is -0.265. The average Bonchev–Trinajstić information content (AvgIpc) is 3.27. The van der Waals surface area contributed by atoms with Crippen molar-refractivity contribution in [1.29, 1.82) is 0 Å². The third kappa shape index (κ3) is 4.07. The fourth-order valence-corrected chi connectivity index (χ4v) is 2.53. The monoisotopic (exact) mass is 286 g/mol. The SMILES string of the molecule is COCc1cccc(C#CC2(OC3CCCCO3)CC2)c1. The Bertz CT molecular complexity index is 531. The Hall–Kier alpha value is -1.34. The first-order valence-corrected chi connectivity index (χ1v) is 7.70. The second-order valence-corrected chi connectivity index (χ2v) is 5.79. The van der Waals surface area contributed by atoms with E-state index in [0.717, 1.165) is 43.4 Å². The van der Waals surface area contributed by atoms with E-state index in [0.29, 0.717) is 6.61 Å². The van der Waals surface area contributed by atoms with E-state index in [4.69, 9.17) is 14.2 Å². The molecule has 1 aliphatic heterocycles. The summed E-state index contributed by atoms with van der Waals surface area (Å²) in [5, 5.41) is 0. The van der Waals surface area contributed by atoms with Gasteiger partial charge in [0.15, 0.2) is 6.29 Å². The molecule has 3 heteroatoms. The molecule has 0 N–H and O–H groups in total. The van der Waals surface area contributed by atoms with Crippen molar-refractivity contribution in [3.63, 3.8) is 0 Å². The van der Waals surface area contributed by atoms with Crippen LogP contribution in [0.2, 0.25) is 0 Å². The molecule has 1 atom stereocenters. The molecule has 1 aliphatic carbocycles. The lowest BCUT2D eigenvalue weighted by Gasteiger charge is -2.25. The van der Waals surface area contributed by atoms with Gasteiger partial charge in [0, 0.05) is 19.3 Å². The molecule has 1 saturated heterocycles. The fourth-order valence-electron chi connectivity index (χ4n) is 2.53. The highest BCUT2D eigenvalue weighted by Gasteiger charge is 2.45. The summed E-state index contributed by atoms with van der Waals surface area (Å²) in [6.45, 7) is 1.43. The first-order valence-electron chi connectivity index (χ1n) is 7.70. The van der Waals surface area contributed by atoms with Gasteiger partial charge in [-0.05, 0) is 49.8 Å². The third-order valence-electron chi connectivity index (χ3n) is 3.87. The van der Waals surface area contributed by atoms with E-state index >= 15 is 0 Å². The molecule has 0 radical (unpaired) electrons. The standard InChI is InChI=1S/C18H22O3/c1-19-14-16-6-4-5-15(13-16)8-9-18(10-11-18)21-17-7-2-3-12-20-17/h4-6,13,17H,2-3,7,10-12,14H2,1H3. The molecule has 1 saturated carbocycles. The Labute approximate surface area is 126 Å². The highest BCUT2D eigenvalue weighted by Crippen LogP contribution is 2.41. The van der Waals surface area contributed by atoms with Crippen LogP contribution in [0.4, 0.5) is 0 Å². The summed E-state index contributed by atoms with van der Waals surface area (Å²) in [5.41, 5.74) is 1.90. The van der Waals surface area contributed by atoms with E-state index in [2.05, 4.69) is 17.9 Å². The van der Waals surface area contributed by atoms with Crippen molar-refractivity contribution >= 4 is 0 Å². The molecule has 112 valence electrons. The first-order chi connectivity index (χ1) is 10.3. The van der Waals surface area contributed by atoms with Crippen LogP contribution in [0.1, 0.15) is 43.2 Å². The lowest BCUT2D eigenvalue weighted by atomic mass is 10.1. The van der Waals surface area contributed by atoms with Gasteiger partial charge < -0.3 is 14.2 Å². The van der Waals surface area contributed by atoms with Crippen LogP contribution in [0.5, 0.6) is 0 Å². The van der Waals surface area contributed by atoms with Crippen molar-refractivity contribution < 1.29 is 14.2 Å². The summed E-state index contributed by atoms with van der Waals surface area (Å²) < 4.78 is 16.9. The number of benzene rings is 1. The third-order valence-corrected chi connectivity index (χ3v) is 3.87. The van der Waals surface area contributed by atoms with Crippen LogP contribution in [-0.4, -0.2) is 25.6 Å². The minimum Gasteiger partial charge on any atom is -0.380 e. The summed E-state index contributed by atoms with van der Waals surface area (Å²) in [7, 11) is 1.70. The molecule has 1 aromatic carbocycles. The van der Waals surface area contributed by atoms with Crippen LogP contribution in [0.25, 0.3) is 0 Å². The Morgan fingerprint density at radius 2 is 2.24 bits per heavy atom. The van der Waals surface area contributed by atoms with Crippen LogP contribution in [-0.2, 0) is 20.8 Å². The van der Waals surface area contributed by atoms with Gasteiger partial charge in [-0.25, -0.2) is 0 Å². The second kappa shape index (κ2) is 6.62. The highest BCUT2D eigenvalue weighted by atomic mass is 16.7. The molecule has 21 heavy (non-hydrogen) atoms. The Morgan fingerprint density at radius 3 is 2.95 bits per heavy atom. The van der Waals surface area contributed by atoms with Gasteiger partial charge in [0.05, 0.1) is 6.61 Å². The molecular weight excluding hydrogens is 264 g/mol. The van der Waals surface area contributed by atoms with Crippen molar-refractivity contribution in [1.82, 2.24) is 0 Å². The molecule has 3 rings (SSSR count). The van der Waals surface area contributed by atoms with Gasteiger partial charge in [-0.2, -0.15) is 0 Å². The van der Waals surface area contributed by atoms with Crippen LogP contribution >= 0.6 is 0 Å². The molecule has 1 heterocycles. The average molecular weight is 286 g/mol. The smallest absolute Gasteiger partial charge is 0.159 e. The molecular formula is C18H22O3. The van der Waals surface area contributed by atoms with Gasteiger partial charge in [0.25, 0.3) is 0 Å². The maximum absolute atomic E-state index is 6.07. The van der Waals surface area contributed by atoms with Crippen molar-refractivity contribution in [2.24, 2.45) is 0 Å². The van der Waals surface area contributed by atoms with Gasteiger partial charge in [0.1, 0.15) is 5.60 Å². The molecule has 2 fully saturated rings. The quantitative estimate of drug-likeness (QED) is 0.795. The molecule has 1 unspecified atom stereocenters. The molecule has 0 aromatic heterocycles. The van der Waals surface area contributed by atoms with Crippen molar-refractivity contribution in [3.8, 4) is 11.8 Å². The maximum Gasteiger partial charge on any atom is 0.159 e. The Balaban J connectivity index is 1.64. The van der Waals surface area contributed by atoms with E-state index in [1.54, 1.807) is 7.11 Å². The molecule has 0 bridgehead atoms. The van der Waals surface area contributed by atoms with Gasteiger partial charge in [-0.1, -0.05) is 24.0 Å². The fraction of sp³-hybridized carbons (Fsp3) is 0.556. The summed E-state index contributed by atoms with van der Waals surface area (Å²) >= 11 is 0. The largest absolute Gasteiger partial charge is 0.380 e. The summed E-state index contributed by atoms with van der Waals surface area (Å²) in [4.78, 5) is 0. The van der Waals surface area contributed by atoms with E-state index in [9.17, 15) is 0 Å². The minimum absolute atomic E-state index is 0.0598. The van der Waals surface area contributed by atoms with Gasteiger partial charge >= 0.3 is 0 Å². The first kappa shape index (κ1) is 14.6. The van der Waals surface area contributed by atoms with Crippen molar-refractivity contribution in [2.75, 3.05) is 13.7 Å². The predicted octanol–water partition coefficient (Wildman–Crippen LogP) is 3.26. The number of hydrogen-bond acceptors (Lipinski definition) is 3. The lowest BCUT2D eigenvalue weighted by molar-refractivity contribution is -0.183. The van der Waals surface area contributed by atoms with Crippen LogP contribution in [0, 0.1) is 11.8 Å². The zero-order chi connectivity index (χ0) is 14.5. The Kier molecular flexibility index (Phi) is 4.60. The van der Waals surface area contributed by atoms with E-state index in [-0.39, 0.29) is 11.9 Å². The maximum atomic E-state index is 6.07. The summed E-state index contributed by atoms with van der Waals surface area (Å²) in [6, 6.07) is 8.17. The molecule has 0 amide bonds. The predicted molar refractivity (Wildman–Crippen MR) is 80.7 cm³/mol. The normalized spacial score (nSPS) is 23.2. The zero-order valence-corrected chi connectivity index (χ0v) is 12.6. The molecule has 2 aliphatic rings. The van der Waals surface area contributed by atoms with E-state index in [1.807, 2.05) is 18.2 Å². The summed E-state index contributed by atoms with van der Waals surface area (Å²) in [6.07, 6.45) is 5.29. The van der Waals surface area contributed by atoms with Gasteiger partial charge in [0.2, 0.25) is 0 Å². The lowest BCUT2D eigenvalue weighted by Crippen LogP contribution is -2.28. The summed E-state index contributed by atoms with van der Waals surface area (Å²) in [5.74, 6) is 6.56. The van der Waals surface area contributed by atoms with E-state index < -0.39 is 0 Å². The number of methoxy groups -OCH3 is 1. The highest BCUT2D eigenvalue weighted by molar-refractivity contribution is 5.40. The molecule has 3 nitrogen and oxygen atoms in total. The zero-order valence-electron chi connectivity index (χ0n) is 12.6. The molecule has 0 spiro atoms. The van der Waals surface area contributed by atoms with Crippen LogP contribution in [0.3, 0.4) is 0 Å². The van der Waals surface area contributed by atoms with Crippen molar-refractivity contribution in [2.45, 2.75) is 50.6 Å². The van der Waals surface area contributed by atoms with Crippen LogP contribution in [0.15, 0.2) is 24.3 Å². The van der Waals surface area contributed by atoms with Crippen LogP contribution < -0.4 is 0 Å². The van der Waals surface area contributed by atoms with Gasteiger partial charge in [-0.15, -0.1) is 0 Å². The number of hydrogen-bond donors (Lipinski definition) is 0. The van der Waals surface area contributed by atoms with Crippen molar-refractivity contribution in [3.05, 3.63) is 35.4 Å². The molecule has 1 aromatic rings. The number of rotatable bonds is 4. The Morgan fingerprint density at radius 1 is 1.33 bits per heavy atom. The second-order valence-electron chi connectivity index (χ2n) is 5.79. The van der Waals surface area contributed by atoms with E-state index in [1.165, 1.54) is 6.42 Å². The van der Waals surface area contributed by atoms with Gasteiger partial charge in [-0.3, -0.25) is 0 Å². The number of ether oxygens (including phenoxy) is 3.